The zero-order valence-corrected chi connectivity index (χ0v) is 8.27. The van der Waals surface area contributed by atoms with E-state index in [1.807, 2.05) is 0 Å². The molecule has 0 aliphatic carbocycles. The minimum atomic E-state index is 0.336. The van der Waals surface area contributed by atoms with E-state index >= 15 is 0 Å². The molecule has 1 unspecified atom stereocenters. The van der Waals surface area contributed by atoms with E-state index in [2.05, 4.69) is 19.2 Å². The summed E-state index contributed by atoms with van der Waals surface area (Å²) in [6.45, 7) is 5.96. The van der Waals surface area contributed by atoms with E-state index in [1.165, 1.54) is 19.3 Å². The van der Waals surface area contributed by atoms with Gasteiger partial charge in [-0.25, -0.2) is 0 Å². The van der Waals surface area contributed by atoms with Gasteiger partial charge in [-0.3, -0.25) is 0 Å². The molecule has 1 rings (SSSR count). The van der Waals surface area contributed by atoms with Gasteiger partial charge in [-0.15, -0.1) is 0 Å². The lowest BCUT2D eigenvalue weighted by Crippen LogP contribution is -2.43. The summed E-state index contributed by atoms with van der Waals surface area (Å²) in [7, 11) is 0. The van der Waals surface area contributed by atoms with Crippen LogP contribution in [0.3, 0.4) is 0 Å². The molecule has 1 atom stereocenters. The van der Waals surface area contributed by atoms with Gasteiger partial charge in [0.2, 0.25) is 0 Å². The Labute approximate surface area is 75.4 Å². The molecule has 2 heteroatoms. The minimum Gasteiger partial charge on any atom is -0.396 e. The van der Waals surface area contributed by atoms with E-state index in [4.69, 9.17) is 5.11 Å². The summed E-state index contributed by atoms with van der Waals surface area (Å²) in [6, 6.07) is 0. The third-order valence-electron chi connectivity index (χ3n) is 3.49. The summed E-state index contributed by atoms with van der Waals surface area (Å²) in [4.78, 5) is 0. The average molecular weight is 171 g/mol. The zero-order valence-electron chi connectivity index (χ0n) is 8.27. The second-order valence-electron chi connectivity index (χ2n) is 3.79. The fourth-order valence-corrected chi connectivity index (χ4v) is 2.57. The van der Waals surface area contributed by atoms with Gasteiger partial charge in [0.25, 0.3) is 0 Å². The van der Waals surface area contributed by atoms with Gasteiger partial charge in [0, 0.05) is 12.1 Å². The van der Waals surface area contributed by atoms with Gasteiger partial charge >= 0.3 is 0 Å². The molecule has 0 aromatic carbocycles. The van der Waals surface area contributed by atoms with Crippen molar-refractivity contribution in [3.05, 3.63) is 0 Å². The Morgan fingerprint density at radius 3 is 2.58 bits per heavy atom. The topological polar surface area (TPSA) is 32.3 Å². The molecule has 0 amide bonds. The number of nitrogens with one attached hydrogen (secondary N) is 1. The number of rotatable bonds is 4. The Kier molecular flexibility index (Phi) is 3.53. The highest BCUT2D eigenvalue weighted by Gasteiger charge is 2.38. The van der Waals surface area contributed by atoms with Crippen molar-refractivity contribution in [3.63, 3.8) is 0 Å². The molecule has 2 N–H and O–H groups in total. The Morgan fingerprint density at radius 1 is 1.42 bits per heavy atom. The largest absolute Gasteiger partial charge is 0.396 e. The standard InChI is InChI=1S/C10H21NO/c1-3-10(4-2)9(6-8-12)5-7-11-10/h9,11-12H,3-8H2,1-2H3. The molecule has 1 fully saturated rings. The maximum atomic E-state index is 8.92. The second-order valence-corrected chi connectivity index (χ2v) is 3.79. The number of hydrogen-bond acceptors (Lipinski definition) is 2. The summed E-state index contributed by atoms with van der Waals surface area (Å²) in [5.41, 5.74) is 0.336. The lowest BCUT2D eigenvalue weighted by molar-refractivity contribution is 0.192. The molecule has 1 aliphatic heterocycles. The van der Waals surface area contributed by atoms with Crippen LogP contribution in [0.4, 0.5) is 0 Å². The van der Waals surface area contributed by atoms with Crippen molar-refractivity contribution >= 4 is 0 Å². The molecule has 0 aromatic rings. The lowest BCUT2D eigenvalue weighted by Gasteiger charge is -2.33. The normalized spacial score (nSPS) is 27.8. The fraction of sp³-hybridized carbons (Fsp3) is 1.00. The first-order chi connectivity index (χ1) is 5.79. The van der Waals surface area contributed by atoms with Crippen LogP contribution in [0.15, 0.2) is 0 Å². The highest BCUT2D eigenvalue weighted by molar-refractivity contribution is 4.97. The van der Waals surface area contributed by atoms with Crippen molar-refractivity contribution in [2.75, 3.05) is 13.2 Å². The zero-order chi connectivity index (χ0) is 9.03. The van der Waals surface area contributed by atoms with E-state index < -0.39 is 0 Å². The molecule has 12 heavy (non-hydrogen) atoms. The third-order valence-corrected chi connectivity index (χ3v) is 3.49. The van der Waals surface area contributed by atoms with Gasteiger partial charge in [0.05, 0.1) is 0 Å². The van der Waals surface area contributed by atoms with Crippen LogP contribution < -0.4 is 5.32 Å². The summed E-state index contributed by atoms with van der Waals surface area (Å²) in [5.74, 6) is 0.692. The summed E-state index contributed by atoms with van der Waals surface area (Å²) >= 11 is 0. The Balaban J connectivity index is 2.58. The van der Waals surface area contributed by atoms with Gasteiger partial charge in [0.15, 0.2) is 0 Å². The van der Waals surface area contributed by atoms with Crippen LogP contribution in [0.1, 0.15) is 39.5 Å². The molecule has 0 radical (unpaired) electrons. The second kappa shape index (κ2) is 4.24. The molecule has 72 valence electrons. The van der Waals surface area contributed by atoms with E-state index in [0.717, 1.165) is 13.0 Å². The fourth-order valence-electron chi connectivity index (χ4n) is 2.57. The summed E-state index contributed by atoms with van der Waals surface area (Å²) in [6.07, 6.45) is 4.58. The Morgan fingerprint density at radius 2 is 2.08 bits per heavy atom. The smallest absolute Gasteiger partial charge is 0.0434 e. The molecule has 0 bridgehead atoms. The SMILES string of the molecule is CCC1(CC)NCCC1CCO. The highest BCUT2D eigenvalue weighted by Crippen LogP contribution is 2.34. The van der Waals surface area contributed by atoms with Gasteiger partial charge in [-0.1, -0.05) is 13.8 Å². The monoisotopic (exact) mass is 171 g/mol. The van der Waals surface area contributed by atoms with Crippen LogP contribution in [-0.2, 0) is 0 Å². The molecule has 0 spiro atoms. The van der Waals surface area contributed by atoms with E-state index in [1.54, 1.807) is 0 Å². The van der Waals surface area contributed by atoms with Crippen LogP contribution in [0, 0.1) is 5.92 Å². The van der Waals surface area contributed by atoms with Crippen LogP contribution in [0.5, 0.6) is 0 Å². The quantitative estimate of drug-likeness (QED) is 0.672. The first kappa shape index (κ1) is 10.0. The van der Waals surface area contributed by atoms with Crippen molar-refractivity contribution < 1.29 is 5.11 Å². The molecular weight excluding hydrogens is 150 g/mol. The van der Waals surface area contributed by atoms with E-state index in [0.29, 0.717) is 18.1 Å². The number of hydrogen-bond donors (Lipinski definition) is 2. The van der Waals surface area contributed by atoms with Crippen molar-refractivity contribution in [2.45, 2.75) is 45.1 Å². The summed E-state index contributed by atoms with van der Waals surface area (Å²) in [5, 5.41) is 12.5. The molecule has 2 nitrogen and oxygen atoms in total. The van der Waals surface area contributed by atoms with Gasteiger partial charge < -0.3 is 10.4 Å². The predicted molar refractivity (Wildman–Crippen MR) is 51.1 cm³/mol. The van der Waals surface area contributed by atoms with Gasteiger partial charge in [-0.2, -0.15) is 0 Å². The molecule has 0 saturated carbocycles. The maximum absolute atomic E-state index is 8.92. The van der Waals surface area contributed by atoms with Crippen molar-refractivity contribution in [1.29, 1.82) is 0 Å². The molecule has 1 aliphatic rings. The molecule has 0 aromatic heterocycles. The Hall–Kier alpha value is -0.0800. The number of aliphatic hydroxyl groups is 1. The first-order valence-electron chi connectivity index (χ1n) is 5.15. The Bertz CT molecular complexity index is 132. The van der Waals surface area contributed by atoms with Crippen LogP contribution >= 0.6 is 0 Å². The van der Waals surface area contributed by atoms with Crippen molar-refractivity contribution in [1.82, 2.24) is 5.32 Å². The predicted octanol–water partition coefficient (Wildman–Crippen LogP) is 1.54. The maximum Gasteiger partial charge on any atom is 0.0434 e. The van der Waals surface area contributed by atoms with Crippen LogP contribution in [0.25, 0.3) is 0 Å². The third kappa shape index (κ3) is 1.64. The van der Waals surface area contributed by atoms with Crippen LogP contribution in [-0.4, -0.2) is 23.8 Å². The number of aliphatic hydroxyl groups excluding tert-OH is 1. The minimum absolute atomic E-state index is 0.336. The van der Waals surface area contributed by atoms with Gasteiger partial charge in [-0.05, 0) is 38.1 Å². The average Bonchev–Trinajstić information content (AvgIpc) is 2.50. The molecular formula is C10H21NO. The van der Waals surface area contributed by atoms with Crippen LogP contribution in [0.2, 0.25) is 0 Å². The van der Waals surface area contributed by atoms with E-state index in [9.17, 15) is 0 Å². The molecule has 1 heterocycles. The van der Waals surface area contributed by atoms with Gasteiger partial charge in [0.1, 0.15) is 0 Å². The first-order valence-corrected chi connectivity index (χ1v) is 5.15. The lowest BCUT2D eigenvalue weighted by atomic mass is 9.79. The van der Waals surface area contributed by atoms with Crippen molar-refractivity contribution in [3.8, 4) is 0 Å². The van der Waals surface area contributed by atoms with E-state index in [-0.39, 0.29) is 0 Å². The highest BCUT2D eigenvalue weighted by atomic mass is 16.3. The van der Waals surface area contributed by atoms with Crippen molar-refractivity contribution in [2.24, 2.45) is 5.92 Å². The summed E-state index contributed by atoms with van der Waals surface area (Å²) < 4.78 is 0. The molecule has 1 saturated heterocycles.